The second-order valence-corrected chi connectivity index (χ2v) is 4.30. The van der Waals surface area contributed by atoms with Gasteiger partial charge in [0.1, 0.15) is 0 Å². The summed E-state index contributed by atoms with van der Waals surface area (Å²) in [6, 6.07) is -0.489. The average Bonchev–Trinajstić information content (AvgIpc) is 2.80. The predicted molar refractivity (Wildman–Crippen MR) is 61.7 cm³/mol. The Morgan fingerprint density at radius 1 is 1.38 bits per heavy atom. The summed E-state index contributed by atoms with van der Waals surface area (Å²) in [5.74, 6) is -0.133. The third kappa shape index (κ3) is 3.20. The fourth-order valence-electron chi connectivity index (χ4n) is 1.81. The minimum Gasteiger partial charge on any atom is -0.341 e. The van der Waals surface area contributed by atoms with Crippen molar-refractivity contribution in [2.75, 3.05) is 26.7 Å². The van der Waals surface area contributed by atoms with Crippen molar-refractivity contribution in [3.8, 4) is 0 Å². The molecular weight excluding hydrogens is 206 g/mol. The van der Waals surface area contributed by atoms with Gasteiger partial charge in [-0.1, -0.05) is 6.92 Å². The zero-order chi connectivity index (χ0) is 12.1. The van der Waals surface area contributed by atoms with Gasteiger partial charge >= 0.3 is 0 Å². The Balaban J connectivity index is 2.40. The van der Waals surface area contributed by atoms with Crippen molar-refractivity contribution in [1.29, 1.82) is 0 Å². The van der Waals surface area contributed by atoms with Crippen molar-refractivity contribution in [3.05, 3.63) is 0 Å². The standard InChI is InChI=1S/C11H21N3O2/c1-3-9(12)11(16)13(2)8-10(15)14-6-4-5-7-14/h9H,3-8,12H2,1-2H3/t9-/m1/s1. The molecule has 0 aliphatic carbocycles. The zero-order valence-corrected chi connectivity index (χ0v) is 10.1. The van der Waals surface area contributed by atoms with Gasteiger partial charge in [-0.3, -0.25) is 9.59 Å². The maximum Gasteiger partial charge on any atom is 0.242 e. The fraction of sp³-hybridized carbons (Fsp3) is 0.818. The average molecular weight is 227 g/mol. The second-order valence-electron chi connectivity index (χ2n) is 4.30. The van der Waals surface area contributed by atoms with Gasteiger partial charge in [0.15, 0.2) is 0 Å². The van der Waals surface area contributed by atoms with E-state index in [9.17, 15) is 9.59 Å². The van der Waals surface area contributed by atoms with Crippen LogP contribution in [0.1, 0.15) is 26.2 Å². The first-order chi connectivity index (χ1) is 7.56. The number of hydrogen-bond acceptors (Lipinski definition) is 3. The van der Waals surface area contributed by atoms with E-state index in [1.165, 1.54) is 4.90 Å². The van der Waals surface area contributed by atoms with E-state index in [0.29, 0.717) is 6.42 Å². The summed E-state index contributed by atoms with van der Waals surface area (Å²) in [5, 5.41) is 0. The molecule has 2 N–H and O–H groups in total. The van der Waals surface area contributed by atoms with Gasteiger partial charge in [0, 0.05) is 20.1 Å². The third-order valence-corrected chi connectivity index (χ3v) is 2.96. The summed E-state index contributed by atoms with van der Waals surface area (Å²) < 4.78 is 0. The van der Waals surface area contributed by atoms with Crippen molar-refractivity contribution < 1.29 is 9.59 Å². The highest BCUT2D eigenvalue weighted by Gasteiger charge is 2.23. The molecule has 1 heterocycles. The Morgan fingerprint density at radius 3 is 2.44 bits per heavy atom. The number of likely N-dealkylation sites (tertiary alicyclic amines) is 1. The highest BCUT2D eigenvalue weighted by atomic mass is 16.2. The maximum atomic E-state index is 11.8. The van der Waals surface area contributed by atoms with Crippen LogP contribution in [0.2, 0.25) is 0 Å². The van der Waals surface area contributed by atoms with Gasteiger partial charge in [0.25, 0.3) is 0 Å². The predicted octanol–water partition coefficient (Wildman–Crippen LogP) is -0.195. The highest BCUT2D eigenvalue weighted by molar-refractivity contribution is 5.87. The quantitative estimate of drug-likeness (QED) is 0.723. The number of amides is 2. The van der Waals surface area contributed by atoms with Crippen LogP contribution in [0.4, 0.5) is 0 Å². The fourth-order valence-corrected chi connectivity index (χ4v) is 1.81. The molecular formula is C11H21N3O2. The molecule has 1 rings (SSSR count). The van der Waals surface area contributed by atoms with Gasteiger partial charge in [-0.2, -0.15) is 0 Å². The minimum absolute atomic E-state index is 0.0247. The molecule has 92 valence electrons. The Hall–Kier alpha value is -1.10. The van der Waals surface area contributed by atoms with E-state index in [0.717, 1.165) is 25.9 Å². The molecule has 1 aliphatic rings. The summed E-state index contributed by atoms with van der Waals surface area (Å²) in [4.78, 5) is 26.6. The van der Waals surface area contributed by atoms with Gasteiger partial charge in [0.05, 0.1) is 12.6 Å². The summed E-state index contributed by atoms with van der Waals surface area (Å²) >= 11 is 0. The summed E-state index contributed by atoms with van der Waals surface area (Å²) in [6.45, 7) is 3.65. The van der Waals surface area contributed by atoms with Crippen molar-refractivity contribution in [1.82, 2.24) is 9.80 Å². The van der Waals surface area contributed by atoms with Crippen molar-refractivity contribution in [2.24, 2.45) is 5.73 Å². The van der Waals surface area contributed by atoms with Gasteiger partial charge in [-0.25, -0.2) is 0 Å². The van der Waals surface area contributed by atoms with Crippen LogP contribution in [0.25, 0.3) is 0 Å². The lowest BCUT2D eigenvalue weighted by Crippen LogP contribution is -2.46. The van der Waals surface area contributed by atoms with E-state index in [1.807, 2.05) is 6.92 Å². The molecule has 5 heteroatoms. The molecule has 0 aromatic rings. The van der Waals surface area contributed by atoms with Crippen LogP contribution >= 0.6 is 0 Å². The van der Waals surface area contributed by atoms with Crippen LogP contribution in [0.3, 0.4) is 0 Å². The molecule has 1 aliphatic heterocycles. The Labute approximate surface area is 96.6 Å². The molecule has 0 aromatic heterocycles. The lowest BCUT2D eigenvalue weighted by Gasteiger charge is -2.23. The summed E-state index contributed by atoms with van der Waals surface area (Å²) in [7, 11) is 1.63. The topological polar surface area (TPSA) is 66.6 Å². The number of nitrogens with zero attached hydrogens (tertiary/aromatic N) is 2. The van der Waals surface area contributed by atoms with Crippen molar-refractivity contribution >= 4 is 11.8 Å². The number of carbonyl (C=O) groups is 2. The molecule has 2 amide bonds. The van der Waals surface area contributed by atoms with Gasteiger partial charge in [-0.15, -0.1) is 0 Å². The molecule has 0 bridgehead atoms. The van der Waals surface area contributed by atoms with E-state index in [-0.39, 0.29) is 18.4 Å². The molecule has 0 unspecified atom stereocenters. The van der Waals surface area contributed by atoms with E-state index < -0.39 is 6.04 Å². The van der Waals surface area contributed by atoms with Gasteiger partial charge in [-0.05, 0) is 19.3 Å². The molecule has 0 aromatic carbocycles. The molecule has 0 spiro atoms. The van der Waals surface area contributed by atoms with Crippen LogP contribution in [0.15, 0.2) is 0 Å². The first-order valence-corrected chi connectivity index (χ1v) is 5.84. The van der Waals surface area contributed by atoms with Crippen LogP contribution in [0.5, 0.6) is 0 Å². The summed E-state index contributed by atoms with van der Waals surface area (Å²) in [6.07, 6.45) is 2.73. The number of likely N-dealkylation sites (N-methyl/N-ethyl adjacent to an activating group) is 1. The second kappa shape index (κ2) is 5.84. The van der Waals surface area contributed by atoms with Gasteiger partial charge < -0.3 is 15.5 Å². The lowest BCUT2D eigenvalue weighted by molar-refractivity contribution is -0.139. The molecule has 5 nitrogen and oxygen atoms in total. The third-order valence-electron chi connectivity index (χ3n) is 2.96. The number of rotatable bonds is 4. The number of hydrogen-bond donors (Lipinski definition) is 1. The van der Waals surface area contributed by atoms with Crippen molar-refractivity contribution in [3.63, 3.8) is 0 Å². The first kappa shape index (κ1) is 13.0. The minimum atomic E-state index is -0.489. The smallest absolute Gasteiger partial charge is 0.242 e. The van der Waals surface area contributed by atoms with E-state index in [4.69, 9.17) is 5.73 Å². The van der Waals surface area contributed by atoms with E-state index in [2.05, 4.69) is 0 Å². The van der Waals surface area contributed by atoms with Crippen molar-refractivity contribution in [2.45, 2.75) is 32.2 Å². The largest absolute Gasteiger partial charge is 0.341 e. The first-order valence-electron chi connectivity index (χ1n) is 5.84. The molecule has 0 saturated carbocycles. The number of nitrogens with two attached hydrogens (primary N) is 1. The van der Waals surface area contributed by atoms with Crippen LogP contribution in [0, 0.1) is 0 Å². The maximum absolute atomic E-state index is 11.8. The zero-order valence-electron chi connectivity index (χ0n) is 10.1. The molecule has 1 fully saturated rings. The monoisotopic (exact) mass is 227 g/mol. The molecule has 16 heavy (non-hydrogen) atoms. The molecule has 1 saturated heterocycles. The Bertz CT molecular complexity index is 262. The van der Waals surface area contributed by atoms with Crippen LogP contribution < -0.4 is 5.73 Å². The molecule has 0 radical (unpaired) electrons. The molecule has 1 atom stereocenters. The van der Waals surface area contributed by atoms with E-state index in [1.54, 1.807) is 11.9 Å². The summed E-state index contributed by atoms with van der Waals surface area (Å²) in [5.41, 5.74) is 5.63. The Kier molecular flexibility index (Phi) is 4.73. The highest BCUT2D eigenvalue weighted by Crippen LogP contribution is 2.08. The van der Waals surface area contributed by atoms with Gasteiger partial charge in [0.2, 0.25) is 11.8 Å². The van der Waals surface area contributed by atoms with Crippen LogP contribution in [-0.4, -0.2) is 54.3 Å². The SMILES string of the molecule is CC[C@@H](N)C(=O)N(C)CC(=O)N1CCCC1. The lowest BCUT2D eigenvalue weighted by atomic mass is 10.2. The normalized spacial score (nSPS) is 17.3. The van der Waals surface area contributed by atoms with Crippen LogP contribution in [-0.2, 0) is 9.59 Å². The number of carbonyl (C=O) groups excluding carboxylic acids is 2. The Morgan fingerprint density at radius 2 is 1.94 bits per heavy atom. The van der Waals surface area contributed by atoms with E-state index >= 15 is 0 Å².